The summed E-state index contributed by atoms with van der Waals surface area (Å²) >= 11 is 0. The third-order valence-electron chi connectivity index (χ3n) is 6.65. The van der Waals surface area contributed by atoms with Gasteiger partial charge in [0.15, 0.2) is 0 Å². The topological polar surface area (TPSA) is 38.1 Å². The first-order chi connectivity index (χ1) is 15.8. The van der Waals surface area contributed by atoms with Crippen molar-refractivity contribution < 1.29 is 4.79 Å². The summed E-state index contributed by atoms with van der Waals surface area (Å²) < 4.78 is 2.30. The highest BCUT2D eigenvalue weighted by Crippen LogP contribution is 2.34. The normalized spacial score (nSPS) is 16.7. The van der Waals surface area contributed by atoms with Gasteiger partial charge >= 0.3 is 0 Å². The van der Waals surface area contributed by atoms with Crippen molar-refractivity contribution in [3.63, 3.8) is 0 Å². The summed E-state index contributed by atoms with van der Waals surface area (Å²) in [6.45, 7) is 10.2. The van der Waals surface area contributed by atoms with Gasteiger partial charge in [0.2, 0.25) is 5.91 Å². The molecule has 2 heterocycles. The molecule has 3 aromatic carbocycles. The van der Waals surface area contributed by atoms with Gasteiger partial charge in [-0.3, -0.25) is 4.79 Å². The Morgan fingerprint density at radius 2 is 1.73 bits per heavy atom. The molecule has 4 nitrogen and oxygen atoms in total. The Bertz CT molecular complexity index is 1310. The quantitative estimate of drug-likeness (QED) is 0.381. The summed E-state index contributed by atoms with van der Waals surface area (Å²) in [5.74, 6) is 1.23. The molecule has 0 saturated carbocycles. The summed E-state index contributed by atoms with van der Waals surface area (Å²) in [6.07, 6.45) is 0.486. The van der Waals surface area contributed by atoms with Crippen LogP contribution in [0.15, 0.2) is 72.8 Å². The molecule has 168 valence electrons. The van der Waals surface area contributed by atoms with E-state index >= 15 is 0 Å². The molecule has 1 saturated heterocycles. The SMILES string of the molecule is Cc1cccc(N2CC(c3nc4ccccc4n3Cc3ccc(C(C)(C)C)cc3)CC2=O)c1. The van der Waals surface area contributed by atoms with Gasteiger partial charge in [0, 0.05) is 31.1 Å². The Morgan fingerprint density at radius 3 is 2.45 bits per heavy atom. The first-order valence-corrected chi connectivity index (χ1v) is 11.7. The maximum absolute atomic E-state index is 13.0. The first kappa shape index (κ1) is 21.4. The minimum absolute atomic E-state index is 0.0688. The van der Waals surface area contributed by atoms with Gasteiger partial charge in [-0.15, -0.1) is 0 Å². The van der Waals surface area contributed by atoms with Gasteiger partial charge in [0.1, 0.15) is 5.82 Å². The lowest BCUT2D eigenvalue weighted by atomic mass is 9.87. The molecule has 4 aromatic rings. The summed E-state index contributed by atoms with van der Waals surface area (Å²) in [7, 11) is 0. The predicted molar refractivity (Wildman–Crippen MR) is 135 cm³/mol. The van der Waals surface area contributed by atoms with Crippen LogP contribution in [0.5, 0.6) is 0 Å². The Kier molecular flexibility index (Phi) is 5.32. The molecule has 1 aromatic heterocycles. The first-order valence-electron chi connectivity index (χ1n) is 11.7. The van der Waals surface area contributed by atoms with Gasteiger partial charge in [0.25, 0.3) is 0 Å². The van der Waals surface area contributed by atoms with Gasteiger partial charge in [-0.1, -0.05) is 69.3 Å². The third kappa shape index (κ3) is 4.18. The van der Waals surface area contributed by atoms with E-state index in [0.29, 0.717) is 13.0 Å². The zero-order valence-corrected chi connectivity index (χ0v) is 19.9. The molecule has 1 atom stereocenters. The number of imidazole rings is 1. The number of aryl methyl sites for hydroxylation is 1. The second-order valence-electron chi connectivity index (χ2n) is 10.2. The number of anilines is 1. The molecule has 1 aliphatic rings. The standard InChI is InChI=1S/C29H31N3O/c1-20-8-7-9-24(16-20)31-19-22(17-27(31)33)28-30-25-10-5-6-11-26(25)32(28)18-21-12-14-23(15-13-21)29(2,3)4/h5-16,22H,17-19H2,1-4H3. The van der Waals surface area contributed by atoms with Crippen LogP contribution in [-0.4, -0.2) is 22.0 Å². The zero-order valence-electron chi connectivity index (χ0n) is 19.9. The maximum atomic E-state index is 13.0. The summed E-state index contributed by atoms with van der Waals surface area (Å²) in [5, 5.41) is 0. The number of hydrogen-bond acceptors (Lipinski definition) is 2. The van der Waals surface area contributed by atoms with Crippen LogP contribution in [0, 0.1) is 6.92 Å². The smallest absolute Gasteiger partial charge is 0.227 e. The van der Waals surface area contributed by atoms with Gasteiger partial charge in [-0.25, -0.2) is 4.98 Å². The number of amides is 1. The molecule has 0 bridgehead atoms. The summed E-state index contributed by atoms with van der Waals surface area (Å²) in [4.78, 5) is 19.9. The van der Waals surface area contributed by atoms with Crippen LogP contribution in [0.1, 0.15) is 55.6 Å². The third-order valence-corrected chi connectivity index (χ3v) is 6.65. The van der Waals surface area contributed by atoms with Crippen LogP contribution in [0.3, 0.4) is 0 Å². The van der Waals surface area contributed by atoms with E-state index in [4.69, 9.17) is 4.98 Å². The van der Waals surface area contributed by atoms with Crippen LogP contribution < -0.4 is 4.90 Å². The molecule has 0 spiro atoms. The monoisotopic (exact) mass is 437 g/mol. The molecule has 0 radical (unpaired) electrons. The number of benzene rings is 3. The van der Waals surface area contributed by atoms with Crippen molar-refractivity contribution in [1.82, 2.24) is 9.55 Å². The number of nitrogens with zero attached hydrogens (tertiary/aromatic N) is 3. The Labute approximate surface area is 195 Å². The van der Waals surface area contributed by atoms with E-state index in [2.05, 4.69) is 86.9 Å². The zero-order chi connectivity index (χ0) is 23.2. The fourth-order valence-electron chi connectivity index (χ4n) is 4.79. The number of para-hydroxylation sites is 2. The van der Waals surface area contributed by atoms with E-state index in [-0.39, 0.29) is 17.2 Å². The van der Waals surface area contributed by atoms with Crippen LogP contribution in [0.4, 0.5) is 5.69 Å². The van der Waals surface area contributed by atoms with E-state index in [9.17, 15) is 4.79 Å². The number of aromatic nitrogens is 2. The molecule has 1 aliphatic heterocycles. The van der Waals surface area contributed by atoms with Crippen molar-refractivity contribution in [3.05, 3.63) is 95.3 Å². The number of carbonyl (C=O) groups is 1. The predicted octanol–water partition coefficient (Wildman–Crippen LogP) is 6.21. The van der Waals surface area contributed by atoms with Gasteiger partial charge in [-0.2, -0.15) is 0 Å². The van der Waals surface area contributed by atoms with E-state index in [0.717, 1.165) is 34.7 Å². The Hall–Kier alpha value is -3.40. The second kappa shape index (κ2) is 8.18. The molecule has 0 N–H and O–H groups in total. The van der Waals surface area contributed by atoms with Crippen molar-refractivity contribution in [3.8, 4) is 0 Å². The van der Waals surface area contributed by atoms with Crippen molar-refractivity contribution >= 4 is 22.6 Å². The van der Waals surface area contributed by atoms with Gasteiger partial charge < -0.3 is 9.47 Å². The Balaban J connectivity index is 1.49. The highest BCUT2D eigenvalue weighted by molar-refractivity contribution is 5.96. The van der Waals surface area contributed by atoms with Crippen molar-refractivity contribution in [2.75, 3.05) is 11.4 Å². The molecule has 1 unspecified atom stereocenters. The molecule has 4 heteroatoms. The number of carbonyl (C=O) groups excluding carboxylic acids is 1. The summed E-state index contributed by atoms with van der Waals surface area (Å²) in [5.41, 5.74) is 6.95. The average molecular weight is 438 g/mol. The van der Waals surface area contributed by atoms with E-state index in [1.807, 2.05) is 23.1 Å². The van der Waals surface area contributed by atoms with Crippen LogP contribution in [0.25, 0.3) is 11.0 Å². The molecule has 0 aliphatic carbocycles. The molecular formula is C29H31N3O. The number of hydrogen-bond donors (Lipinski definition) is 0. The fraction of sp³-hybridized carbons (Fsp3) is 0.310. The highest BCUT2D eigenvalue weighted by Gasteiger charge is 2.35. The van der Waals surface area contributed by atoms with Crippen molar-refractivity contribution in [2.24, 2.45) is 0 Å². The lowest BCUT2D eigenvalue weighted by molar-refractivity contribution is -0.117. The molecule has 5 rings (SSSR count). The lowest BCUT2D eigenvalue weighted by Gasteiger charge is -2.20. The van der Waals surface area contributed by atoms with Crippen LogP contribution >= 0.6 is 0 Å². The van der Waals surface area contributed by atoms with Crippen molar-refractivity contribution in [2.45, 2.75) is 52.0 Å². The average Bonchev–Trinajstić information content (AvgIpc) is 3.34. The van der Waals surface area contributed by atoms with E-state index in [1.54, 1.807) is 0 Å². The van der Waals surface area contributed by atoms with Gasteiger partial charge in [0.05, 0.1) is 11.0 Å². The van der Waals surface area contributed by atoms with E-state index < -0.39 is 0 Å². The fourth-order valence-corrected chi connectivity index (χ4v) is 4.79. The van der Waals surface area contributed by atoms with Crippen LogP contribution in [0.2, 0.25) is 0 Å². The largest absolute Gasteiger partial charge is 0.323 e. The number of rotatable bonds is 4. The molecule has 33 heavy (non-hydrogen) atoms. The molecule has 1 fully saturated rings. The Morgan fingerprint density at radius 1 is 0.970 bits per heavy atom. The van der Waals surface area contributed by atoms with Crippen molar-refractivity contribution in [1.29, 1.82) is 0 Å². The number of fused-ring (bicyclic) bond motifs is 1. The molecule has 1 amide bonds. The van der Waals surface area contributed by atoms with E-state index in [1.165, 1.54) is 11.1 Å². The minimum atomic E-state index is 0.0688. The lowest BCUT2D eigenvalue weighted by Crippen LogP contribution is -2.24. The second-order valence-corrected chi connectivity index (χ2v) is 10.2. The highest BCUT2D eigenvalue weighted by atomic mass is 16.2. The minimum Gasteiger partial charge on any atom is -0.323 e. The summed E-state index contributed by atoms with van der Waals surface area (Å²) in [6, 6.07) is 25.4. The molecular weight excluding hydrogens is 406 g/mol. The maximum Gasteiger partial charge on any atom is 0.227 e. The van der Waals surface area contributed by atoms with Crippen LogP contribution in [-0.2, 0) is 16.8 Å². The van der Waals surface area contributed by atoms with Gasteiger partial charge in [-0.05, 0) is 53.3 Å².